The number of hydrogen-bond acceptors (Lipinski definition) is 8. The predicted molar refractivity (Wildman–Crippen MR) is 104 cm³/mol. The average Bonchev–Trinajstić information content (AvgIpc) is 2.79. The van der Waals surface area contributed by atoms with Crippen LogP contribution in [0.1, 0.15) is 31.8 Å². The first kappa shape index (κ1) is 22.4. The molecule has 0 aliphatic heterocycles. The van der Waals surface area contributed by atoms with Crippen LogP contribution in [-0.2, 0) is 41.8 Å². The summed E-state index contributed by atoms with van der Waals surface area (Å²) in [6.45, 7) is -0.160. The molecule has 8 nitrogen and oxygen atoms in total. The van der Waals surface area contributed by atoms with E-state index < -0.39 is 23.9 Å². The van der Waals surface area contributed by atoms with Gasteiger partial charge in [0.1, 0.15) is 13.2 Å². The zero-order valence-electron chi connectivity index (χ0n) is 16.5. The molecule has 156 valence electrons. The molecule has 30 heavy (non-hydrogen) atoms. The van der Waals surface area contributed by atoms with Crippen molar-refractivity contribution in [2.75, 3.05) is 14.2 Å². The van der Waals surface area contributed by atoms with Gasteiger partial charge in [-0.1, -0.05) is 24.3 Å². The first-order valence-corrected chi connectivity index (χ1v) is 8.79. The molecular weight excluding hydrogens is 392 g/mol. The average molecular weight is 412 g/mol. The second kappa shape index (κ2) is 11.2. The van der Waals surface area contributed by atoms with Gasteiger partial charge in [-0.15, -0.1) is 0 Å². The van der Waals surface area contributed by atoms with Gasteiger partial charge in [-0.2, -0.15) is 0 Å². The molecule has 0 radical (unpaired) electrons. The van der Waals surface area contributed by atoms with Gasteiger partial charge < -0.3 is 18.9 Å². The molecule has 0 saturated heterocycles. The van der Waals surface area contributed by atoms with Crippen LogP contribution in [0.2, 0.25) is 0 Å². The number of benzene rings is 2. The van der Waals surface area contributed by atoms with Crippen LogP contribution in [0.15, 0.2) is 60.7 Å². The predicted octanol–water partition coefficient (Wildman–Crippen LogP) is 2.60. The number of carbonyl (C=O) groups is 4. The Morgan fingerprint density at radius 3 is 1.47 bits per heavy atom. The van der Waals surface area contributed by atoms with Crippen LogP contribution in [0.3, 0.4) is 0 Å². The van der Waals surface area contributed by atoms with Crippen LogP contribution in [0.4, 0.5) is 0 Å². The third-order valence-electron chi connectivity index (χ3n) is 3.81. The fourth-order valence-corrected chi connectivity index (χ4v) is 2.35. The standard InChI is InChI=1S/C22H20O8/c1-27-21(25)17-7-3-5-15(11-17)13-29-19(23)9-10-20(24)30-14-16-6-4-8-18(12-16)22(26)28-2/h3-12H,13-14H2,1-2H3/b10-9+. The number of esters is 4. The van der Waals surface area contributed by atoms with Crippen molar-refractivity contribution in [2.45, 2.75) is 13.2 Å². The zero-order valence-corrected chi connectivity index (χ0v) is 16.5. The van der Waals surface area contributed by atoms with Crippen LogP contribution in [-0.4, -0.2) is 38.1 Å². The third kappa shape index (κ3) is 6.90. The minimum atomic E-state index is -0.747. The zero-order chi connectivity index (χ0) is 21.9. The van der Waals surface area contributed by atoms with Crippen molar-refractivity contribution >= 4 is 23.9 Å². The van der Waals surface area contributed by atoms with Gasteiger partial charge in [0.25, 0.3) is 0 Å². The molecule has 2 rings (SSSR count). The Bertz CT molecular complexity index is 884. The Labute approximate surface area is 173 Å². The largest absolute Gasteiger partial charge is 0.465 e. The molecule has 2 aromatic rings. The molecule has 0 fully saturated rings. The molecule has 0 aromatic heterocycles. The van der Waals surface area contributed by atoms with E-state index in [0.717, 1.165) is 12.2 Å². The van der Waals surface area contributed by atoms with Gasteiger partial charge in [0.05, 0.1) is 25.3 Å². The lowest BCUT2D eigenvalue weighted by molar-refractivity contribution is -0.141. The van der Waals surface area contributed by atoms with E-state index in [1.165, 1.54) is 14.2 Å². The van der Waals surface area contributed by atoms with Crippen LogP contribution in [0.25, 0.3) is 0 Å². The Hall–Kier alpha value is -3.94. The van der Waals surface area contributed by atoms with Crippen molar-refractivity contribution in [3.8, 4) is 0 Å². The van der Waals surface area contributed by atoms with E-state index in [4.69, 9.17) is 9.47 Å². The summed E-state index contributed by atoms with van der Waals surface area (Å²) in [5.74, 6) is -2.49. The number of hydrogen-bond donors (Lipinski definition) is 0. The normalized spacial score (nSPS) is 10.3. The van der Waals surface area contributed by atoms with Gasteiger partial charge in [-0.05, 0) is 35.4 Å². The Kier molecular flexibility index (Phi) is 8.31. The molecule has 0 aliphatic carbocycles. The lowest BCUT2D eigenvalue weighted by Gasteiger charge is -2.05. The fourth-order valence-electron chi connectivity index (χ4n) is 2.35. The van der Waals surface area contributed by atoms with Gasteiger partial charge in [0.2, 0.25) is 0 Å². The van der Waals surface area contributed by atoms with Gasteiger partial charge in [0.15, 0.2) is 0 Å². The van der Waals surface area contributed by atoms with E-state index >= 15 is 0 Å². The van der Waals surface area contributed by atoms with Gasteiger partial charge in [-0.3, -0.25) is 0 Å². The molecular formula is C22H20O8. The monoisotopic (exact) mass is 412 g/mol. The highest BCUT2D eigenvalue weighted by molar-refractivity contribution is 5.92. The molecule has 0 spiro atoms. The highest BCUT2D eigenvalue weighted by Gasteiger charge is 2.08. The van der Waals surface area contributed by atoms with Crippen LogP contribution < -0.4 is 0 Å². The fraction of sp³-hybridized carbons (Fsp3) is 0.182. The van der Waals surface area contributed by atoms with E-state index in [2.05, 4.69) is 9.47 Å². The van der Waals surface area contributed by atoms with Crippen molar-refractivity contribution < 1.29 is 38.1 Å². The maximum atomic E-state index is 11.8. The molecule has 0 aliphatic rings. The van der Waals surface area contributed by atoms with E-state index in [1.54, 1.807) is 48.5 Å². The molecule has 0 saturated carbocycles. The summed E-state index contributed by atoms with van der Waals surface area (Å²) in [6, 6.07) is 12.9. The second-order valence-corrected chi connectivity index (χ2v) is 5.93. The first-order chi connectivity index (χ1) is 14.4. The van der Waals surface area contributed by atoms with Gasteiger partial charge >= 0.3 is 23.9 Å². The quantitative estimate of drug-likeness (QED) is 0.370. The minimum absolute atomic E-state index is 0.0800. The topological polar surface area (TPSA) is 105 Å². The summed E-state index contributed by atoms with van der Waals surface area (Å²) in [5.41, 5.74) is 1.85. The van der Waals surface area contributed by atoms with Crippen molar-refractivity contribution in [2.24, 2.45) is 0 Å². The molecule has 0 heterocycles. The molecule has 0 atom stereocenters. The van der Waals surface area contributed by atoms with Crippen molar-refractivity contribution in [3.05, 3.63) is 82.9 Å². The number of carbonyl (C=O) groups excluding carboxylic acids is 4. The maximum Gasteiger partial charge on any atom is 0.337 e. The molecule has 8 heteroatoms. The molecule has 0 unspecified atom stereocenters. The third-order valence-corrected chi connectivity index (χ3v) is 3.81. The highest BCUT2D eigenvalue weighted by Crippen LogP contribution is 2.09. The highest BCUT2D eigenvalue weighted by atomic mass is 16.5. The van der Waals surface area contributed by atoms with Crippen molar-refractivity contribution in [1.82, 2.24) is 0 Å². The lowest BCUT2D eigenvalue weighted by atomic mass is 10.1. The Morgan fingerprint density at radius 1 is 0.700 bits per heavy atom. The van der Waals surface area contributed by atoms with E-state index in [1.807, 2.05) is 0 Å². The van der Waals surface area contributed by atoms with E-state index in [9.17, 15) is 19.2 Å². The first-order valence-electron chi connectivity index (χ1n) is 8.79. The van der Waals surface area contributed by atoms with E-state index in [-0.39, 0.29) is 13.2 Å². The molecule has 0 amide bonds. The minimum Gasteiger partial charge on any atom is -0.465 e. The summed E-state index contributed by atoms with van der Waals surface area (Å²) in [6.07, 6.45) is 1.88. The Morgan fingerprint density at radius 2 is 1.10 bits per heavy atom. The smallest absolute Gasteiger partial charge is 0.337 e. The lowest BCUT2D eigenvalue weighted by Crippen LogP contribution is -2.06. The summed E-state index contributed by atoms with van der Waals surface area (Å²) >= 11 is 0. The van der Waals surface area contributed by atoms with E-state index in [0.29, 0.717) is 22.3 Å². The maximum absolute atomic E-state index is 11.8. The number of methoxy groups -OCH3 is 2. The summed E-state index contributed by atoms with van der Waals surface area (Å²) in [4.78, 5) is 46.5. The van der Waals surface area contributed by atoms with Crippen molar-refractivity contribution in [1.29, 1.82) is 0 Å². The van der Waals surface area contributed by atoms with Crippen LogP contribution in [0, 0.1) is 0 Å². The van der Waals surface area contributed by atoms with Gasteiger partial charge in [-0.25, -0.2) is 19.2 Å². The second-order valence-electron chi connectivity index (χ2n) is 5.93. The summed E-state index contributed by atoms with van der Waals surface area (Å²) < 4.78 is 19.3. The molecule has 0 N–H and O–H groups in total. The number of ether oxygens (including phenoxy) is 4. The summed E-state index contributed by atoms with van der Waals surface area (Å²) in [7, 11) is 2.55. The molecule has 0 bridgehead atoms. The number of rotatable bonds is 8. The van der Waals surface area contributed by atoms with Crippen LogP contribution in [0.5, 0.6) is 0 Å². The molecule has 2 aromatic carbocycles. The van der Waals surface area contributed by atoms with Crippen molar-refractivity contribution in [3.63, 3.8) is 0 Å². The summed E-state index contributed by atoms with van der Waals surface area (Å²) in [5, 5.41) is 0. The SMILES string of the molecule is COC(=O)c1cccc(COC(=O)/C=C/C(=O)OCc2cccc(C(=O)OC)c2)c1. The van der Waals surface area contributed by atoms with Crippen LogP contribution >= 0.6 is 0 Å². The van der Waals surface area contributed by atoms with Gasteiger partial charge in [0, 0.05) is 12.2 Å². The Balaban J connectivity index is 1.81.